The SMILES string of the molecule is CCOCc1nc(C(N)C(C)C)no1. The molecule has 1 heterocycles. The van der Waals surface area contributed by atoms with Crippen molar-refractivity contribution < 1.29 is 9.26 Å². The summed E-state index contributed by atoms with van der Waals surface area (Å²) < 4.78 is 10.1. The number of hydrogen-bond donors (Lipinski definition) is 1. The molecule has 0 fully saturated rings. The van der Waals surface area contributed by atoms with E-state index in [9.17, 15) is 0 Å². The summed E-state index contributed by atoms with van der Waals surface area (Å²) in [4.78, 5) is 4.14. The Morgan fingerprint density at radius 3 is 2.79 bits per heavy atom. The van der Waals surface area contributed by atoms with Gasteiger partial charge >= 0.3 is 0 Å². The first-order valence-electron chi connectivity index (χ1n) is 4.81. The zero-order chi connectivity index (χ0) is 10.6. The summed E-state index contributed by atoms with van der Waals surface area (Å²) in [6.45, 7) is 6.94. The number of hydrogen-bond acceptors (Lipinski definition) is 5. The Kier molecular flexibility index (Phi) is 4.03. The summed E-state index contributed by atoms with van der Waals surface area (Å²) in [5, 5.41) is 3.80. The van der Waals surface area contributed by atoms with Crippen molar-refractivity contribution in [3.63, 3.8) is 0 Å². The molecule has 2 N–H and O–H groups in total. The Morgan fingerprint density at radius 2 is 2.21 bits per heavy atom. The first-order valence-corrected chi connectivity index (χ1v) is 4.81. The molecule has 0 aromatic carbocycles. The minimum atomic E-state index is -0.172. The van der Waals surface area contributed by atoms with Gasteiger partial charge in [-0.3, -0.25) is 0 Å². The smallest absolute Gasteiger partial charge is 0.252 e. The van der Waals surface area contributed by atoms with Crippen LogP contribution in [0.2, 0.25) is 0 Å². The molecule has 80 valence electrons. The third kappa shape index (κ3) is 2.78. The lowest BCUT2D eigenvalue weighted by Crippen LogP contribution is -2.18. The second-order valence-electron chi connectivity index (χ2n) is 3.45. The van der Waals surface area contributed by atoms with Crippen LogP contribution in [0.5, 0.6) is 0 Å². The van der Waals surface area contributed by atoms with E-state index in [2.05, 4.69) is 10.1 Å². The second kappa shape index (κ2) is 5.07. The van der Waals surface area contributed by atoms with Crippen molar-refractivity contribution in [2.24, 2.45) is 11.7 Å². The van der Waals surface area contributed by atoms with Crippen molar-refractivity contribution in [1.29, 1.82) is 0 Å². The molecule has 0 spiro atoms. The van der Waals surface area contributed by atoms with E-state index in [1.54, 1.807) is 0 Å². The van der Waals surface area contributed by atoms with Crippen LogP contribution >= 0.6 is 0 Å². The van der Waals surface area contributed by atoms with Crippen molar-refractivity contribution in [3.05, 3.63) is 11.7 Å². The topological polar surface area (TPSA) is 74.2 Å². The van der Waals surface area contributed by atoms with Crippen molar-refractivity contribution in [2.75, 3.05) is 6.61 Å². The van der Waals surface area contributed by atoms with E-state index in [0.717, 1.165) is 0 Å². The van der Waals surface area contributed by atoms with Gasteiger partial charge in [-0.05, 0) is 12.8 Å². The highest BCUT2D eigenvalue weighted by Crippen LogP contribution is 2.15. The molecule has 1 aromatic rings. The fourth-order valence-electron chi connectivity index (χ4n) is 0.950. The molecule has 0 saturated heterocycles. The van der Waals surface area contributed by atoms with Crippen LogP contribution in [-0.4, -0.2) is 16.7 Å². The maximum absolute atomic E-state index is 5.85. The van der Waals surface area contributed by atoms with E-state index in [1.807, 2.05) is 20.8 Å². The molecule has 0 aliphatic carbocycles. The van der Waals surface area contributed by atoms with Crippen LogP contribution < -0.4 is 5.73 Å². The molecule has 0 bridgehead atoms. The molecule has 1 aromatic heterocycles. The van der Waals surface area contributed by atoms with Crippen LogP contribution in [0.4, 0.5) is 0 Å². The van der Waals surface area contributed by atoms with Gasteiger partial charge < -0.3 is 15.0 Å². The van der Waals surface area contributed by atoms with Crippen molar-refractivity contribution in [3.8, 4) is 0 Å². The van der Waals surface area contributed by atoms with Gasteiger partial charge in [-0.15, -0.1) is 0 Å². The van der Waals surface area contributed by atoms with Gasteiger partial charge in [0.15, 0.2) is 5.82 Å². The maximum Gasteiger partial charge on any atom is 0.252 e. The number of nitrogens with zero attached hydrogens (tertiary/aromatic N) is 2. The van der Waals surface area contributed by atoms with Gasteiger partial charge in [0, 0.05) is 6.61 Å². The lowest BCUT2D eigenvalue weighted by atomic mass is 10.1. The molecule has 0 amide bonds. The van der Waals surface area contributed by atoms with Crippen LogP contribution in [0.1, 0.15) is 38.5 Å². The maximum atomic E-state index is 5.85. The van der Waals surface area contributed by atoms with Crippen LogP contribution in [0.25, 0.3) is 0 Å². The average Bonchev–Trinajstić information content (AvgIpc) is 2.61. The Hall–Kier alpha value is -0.940. The monoisotopic (exact) mass is 199 g/mol. The molecule has 1 unspecified atom stereocenters. The zero-order valence-corrected chi connectivity index (χ0v) is 8.86. The first kappa shape index (κ1) is 11.1. The number of nitrogens with two attached hydrogens (primary N) is 1. The molecule has 0 aliphatic heterocycles. The molecular weight excluding hydrogens is 182 g/mol. The van der Waals surface area contributed by atoms with Crippen molar-refractivity contribution >= 4 is 0 Å². The number of ether oxygens (including phenoxy) is 1. The summed E-state index contributed by atoms with van der Waals surface area (Å²) in [5.41, 5.74) is 5.85. The van der Waals surface area contributed by atoms with E-state index in [1.165, 1.54) is 0 Å². The van der Waals surface area contributed by atoms with E-state index in [0.29, 0.717) is 30.8 Å². The second-order valence-corrected chi connectivity index (χ2v) is 3.45. The molecule has 5 nitrogen and oxygen atoms in total. The predicted molar refractivity (Wildman–Crippen MR) is 51.4 cm³/mol. The van der Waals surface area contributed by atoms with Crippen LogP contribution in [0.3, 0.4) is 0 Å². The number of rotatable bonds is 5. The zero-order valence-electron chi connectivity index (χ0n) is 8.86. The molecule has 14 heavy (non-hydrogen) atoms. The Balaban J connectivity index is 2.58. The average molecular weight is 199 g/mol. The van der Waals surface area contributed by atoms with Gasteiger partial charge in [0.05, 0.1) is 6.04 Å². The molecule has 0 radical (unpaired) electrons. The minimum Gasteiger partial charge on any atom is -0.372 e. The quantitative estimate of drug-likeness (QED) is 0.772. The standard InChI is InChI=1S/C9H17N3O2/c1-4-13-5-7-11-9(12-14-7)8(10)6(2)3/h6,8H,4-5,10H2,1-3H3. The fraction of sp³-hybridized carbons (Fsp3) is 0.778. The van der Waals surface area contributed by atoms with Gasteiger partial charge in [-0.25, -0.2) is 0 Å². The highest BCUT2D eigenvalue weighted by atomic mass is 16.5. The third-order valence-corrected chi connectivity index (χ3v) is 1.93. The minimum absolute atomic E-state index is 0.172. The molecule has 1 rings (SSSR count). The van der Waals surface area contributed by atoms with Crippen molar-refractivity contribution in [2.45, 2.75) is 33.4 Å². The van der Waals surface area contributed by atoms with E-state index >= 15 is 0 Å². The van der Waals surface area contributed by atoms with Crippen LogP contribution in [0.15, 0.2) is 4.52 Å². The summed E-state index contributed by atoms with van der Waals surface area (Å²) >= 11 is 0. The third-order valence-electron chi connectivity index (χ3n) is 1.93. The fourth-order valence-corrected chi connectivity index (χ4v) is 0.950. The summed E-state index contributed by atoms with van der Waals surface area (Å²) in [7, 11) is 0. The lowest BCUT2D eigenvalue weighted by molar-refractivity contribution is 0.109. The Labute approximate surface area is 83.6 Å². The van der Waals surface area contributed by atoms with E-state index in [-0.39, 0.29) is 6.04 Å². The summed E-state index contributed by atoms with van der Waals surface area (Å²) in [6.07, 6.45) is 0. The van der Waals surface area contributed by atoms with Crippen molar-refractivity contribution in [1.82, 2.24) is 10.1 Å². The summed E-state index contributed by atoms with van der Waals surface area (Å²) in [5.74, 6) is 1.33. The highest BCUT2D eigenvalue weighted by molar-refractivity contribution is 4.93. The van der Waals surface area contributed by atoms with Crippen LogP contribution in [-0.2, 0) is 11.3 Å². The van der Waals surface area contributed by atoms with Gasteiger partial charge in [-0.1, -0.05) is 19.0 Å². The lowest BCUT2D eigenvalue weighted by Gasteiger charge is -2.09. The first-order chi connectivity index (χ1) is 6.65. The van der Waals surface area contributed by atoms with Gasteiger partial charge in [0.25, 0.3) is 5.89 Å². The van der Waals surface area contributed by atoms with Gasteiger partial charge in [0.1, 0.15) is 6.61 Å². The van der Waals surface area contributed by atoms with E-state index < -0.39 is 0 Å². The molecule has 1 atom stereocenters. The molecule has 0 saturated carbocycles. The van der Waals surface area contributed by atoms with E-state index in [4.69, 9.17) is 15.0 Å². The Bertz CT molecular complexity index is 273. The number of aromatic nitrogens is 2. The predicted octanol–water partition coefficient (Wildman–Crippen LogP) is 1.26. The highest BCUT2D eigenvalue weighted by Gasteiger charge is 2.17. The summed E-state index contributed by atoms with van der Waals surface area (Å²) in [6, 6.07) is -0.172. The van der Waals surface area contributed by atoms with Gasteiger partial charge in [-0.2, -0.15) is 4.98 Å². The molecule has 0 aliphatic rings. The normalized spacial score (nSPS) is 13.5. The van der Waals surface area contributed by atoms with Gasteiger partial charge in [0.2, 0.25) is 0 Å². The van der Waals surface area contributed by atoms with Crippen LogP contribution in [0, 0.1) is 5.92 Å². The largest absolute Gasteiger partial charge is 0.372 e. The Morgan fingerprint density at radius 1 is 1.50 bits per heavy atom. The molecular formula is C9H17N3O2. The molecule has 5 heteroatoms.